The Kier molecular flexibility index (Phi) is 3.76. The lowest BCUT2D eigenvalue weighted by Gasteiger charge is -2.40. The second-order valence-electron chi connectivity index (χ2n) is 5.71. The topological polar surface area (TPSA) is 30.5 Å². The summed E-state index contributed by atoms with van der Waals surface area (Å²) >= 11 is 0. The Bertz CT molecular complexity index is 435. The minimum Gasteiger partial charge on any atom is -0.493 e. The van der Waals surface area contributed by atoms with Crippen LogP contribution in [0.1, 0.15) is 30.4 Å². The molecule has 0 spiro atoms. The van der Waals surface area contributed by atoms with Crippen LogP contribution in [0.4, 0.5) is 0 Å². The number of hydrogen-bond donors (Lipinski definition) is 1. The largest absolute Gasteiger partial charge is 0.493 e. The Labute approximate surface area is 115 Å². The number of fused-ring (bicyclic) bond motifs is 1. The Morgan fingerprint density at radius 2 is 2.26 bits per heavy atom. The summed E-state index contributed by atoms with van der Waals surface area (Å²) in [5, 5.41) is 3.54. The first-order valence-electron chi connectivity index (χ1n) is 7.32. The smallest absolute Gasteiger partial charge is 0.122 e. The summed E-state index contributed by atoms with van der Waals surface area (Å²) in [5.74, 6) is 1.07. The second-order valence-corrected chi connectivity index (χ2v) is 5.71. The summed E-state index contributed by atoms with van der Waals surface area (Å²) in [5.41, 5.74) is 2.90. The van der Waals surface area contributed by atoms with Gasteiger partial charge in [0.1, 0.15) is 5.75 Å². The van der Waals surface area contributed by atoms with Gasteiger partial charge >= 0.3 is 0 Å². The lowest BCUT2D eigenvalue weighted by Crippen LogP contribution is -2.48. The summed E-state index contributed by atoms with van der Waals surface area (Å²) in [6, 6.07) is 6.58. The molecule has 0 aromatic heterocycles. The van der Waals surface area contributed by atoms with Crippen LogP contribution in [0.2, 0.25) is 0 Å². The van der Waals surface area contributed by atoms with Crippen molar-refractivity contribution in [3.8, 4) is 5.75 Å². The highest BCUT2D eigenvalue weighted by atomic mass is 16.5. The quantitative estimate of drug-likeness (QED) is 0.797. The van der Waals surface area contributed by atoms with Gasteiger partial charge in [0.2, 0.25) is 0 Å². The van der Waals surface area contributed by atoms with Gasteiger partial charge in [-0.2, -0.15) is 0 Å². The van der Waals surface area contributed by atoms with E-state index in [1.807, 2.05) is 7.11 Å². The SMILES string of the molecule is COC1(CNCCc2ccc3c(c2)CCO3)CCC1. The second kappa shape index (κ2) is 5.51. The van der Waals surface area contributed by atoms with Crippen molar-refractivity contribution >= 4 is 0 Å². The molecule has 0 radical (unpaired) electrons. The summed E-state index contributed by atoms with van der Waals surface area (Å²) < 4.78 is 11.1. The number of nitrogens with one attached hydrogen (secondary N) is 1. The molecule has 1 fully saturated rings. The molecule has 3 heteroatoms. The van der Waals surface area contributed by atoms with Crippen molar-refractivity contribution in [3.63, 3.8) is 0 Å². The number of methoxy groups -OCH3 is 1. The molecule has 0 bridgehead atoms. The van der Waals surface area contributed by atoms with Gasteiger partial charge < -0.3 is 14.8 Å². The van der Waals surface area contributed by atoms with Crippen molar-refractivity contribution < 1.29 is 9.47 Å². The first-order valence-corrected chi connectivity index (χ1v) is 7.32. The van der Waals surface area contributed by atoms with Crippen molar-refractivity contribution in [2.45, 2.75) is 37.7 Å². The molecule has 1 N–H and O–H groups in total. The molecule has 1 aliphatic heterocycles. The van der Waals surface area contributed by atoms with Crippen LogP contribution in [0.5, 0.6) is 5.75 Å². The van der Waals surface area contributed by atoms with Crippen LogP contribution in [0.25, 0.3) is 0 Å². The van der Waals surface area contributed by atoms with E-state index < -0.39 is 0 Å². The number of benzene rings is 1. The van der Waals surface area contributed by atoms with Crippen LogP contribution in [-0.2, 0) is 17.6 Å². The van der Waals surface area contributed by atoms with Crippen LogP contribution in [0, 0.1) is 0 Å². The van der Waals surface area contributed by atoms with Crippen molar-refractivity contribution in [3.05, 3.63) is 29.3 Å². The predicted molar refractivity (Wildman–Crippen MR) is 75.8 cm³/mol. The molecule has 3 nitrogen and oxygen atoms in total. The summed E-state index contributed by atoms with van der Waals surface area (Å²) in [6.07, 6.45) is 5.84. The average molecular weight is 261 g/mol. The number of hydrogen-bond acceptors (Lipinski definition) is 3. The maximum atomic E-state index is 5.61. The molecule has 104 valence electrons. The van der Waals surface area contributed by atoms with Crippen molar-refractivity contribution in [1.29, 1.82) is 0 Å². The van der Waals surface area contributed by atoms with Gasteiger partial charge in [-0.25, -0.2) is 0 Å². The van der Waals surface area contributed by atoms with E-state index in [1.54, 1.807) is 0 Å². The molecule has 2 aliphatic rings. The highest BCUT2D eigenvalue weighted by molar-refractivity contribution is 5.39. The van der Waals surface area contributed by atoms with E-state index in [1.165, 1.54) is 30.4 Å². The first kappa shape index (κ1) is 12.9. The molecule has 1 heterocycles. The van der Waals surface area contributed by atoms with Crippen LogP contribution >= 0.6 is 0 Å². The Morgan fingerprint density at radius 1 is 1.37 bits per heavy atom. The van der Waals surface area contributed by atoms with Gasteiger partial charge in [0, 0.05) is 20.1 Å². The van der Waals surface area contributed by atoms with Crippen LogP contribution in [0.3, 0.4) is 0 Å². The molecule has 1 aromatic carbocycles. The van der Waals surface area contributed by atoms with Gasteiger partial charge in [0.15, 0.2) is 0 Å². The molecule has 0 unspecified atom stereocenters. The van der Waals surface area contributed by atoms with E-state index in [9.17, 15) is 0 Å². The molecular weight excluding hydrogens is 238 g/mol. The molecular formula is C16H23NO2. The van der Waals surface area contributed by atoms with Crippen LogP contribution < -0.4 is 10.1 Å². The summed E-state index contributed by atoms with van der Waals surface area (Å²) in [7, 11) is 1.83. The zero-order valence-electron chi connectivity index (χ0n) is 11.7. The van der Waals surface area contributed by atoms with Gasteiger partial charge in [0.05, 0.1) is 12.2 Å². The molecule has 0 amide bonds. The summed E-state index contributed by atoms with van der Waals surface area (Å²) in [4.78, 5) is 0. The van der Waals surface area contributed by atoms with Gasteiger partial charge in [0.25, 0.3) is 0 Å². The van der Waals surface area contributed by atoms with Crippen LogP contribution in [0.15, 0.2) is 18.2 Å². The van der Waals surface area contributed by atoms with Crippen LogP contribution in [-0.4, -0.2) is 32.4 Å². The third kappa shape index (κ3) is 2.77. The molecule has 1 saturated carbocycles. The predicted octanol–water partition coefficient (Wildman–Crippen LogP) is 2.32. The zero-order chi connectivity index (χ0) is 13.1. The van der Waals surface area contributed by atoms with E-state index >= 15 is 0 Å². The van der Waals surface area contributed by atoms with Crippen molar-refractivity contribution in [2.75, 3.05) is 26.8 Å². The number of ether oxygens (including phenoxy) is 2. The van der Waals surface area contributed by atoms with E-state index in [4.69, 9.17) is 9.47 Å². The lowest BCUT2D eigenvalue weighted by molar-refractivity contribution is -0.0691. The fourth-order valence-corrected chi connectivity index (χ4v) is 2.97. The van der Waals surface area contributed by atoms with Crippen molar-refractivity contribution in [1.82, 2.24) is 5.32 Å². The Morgan fingerprint density at radius 3 is 3.00 bits per heavy atom. The van der Waals surface area contributed by atoms with Crippen molar-refractivity contribution in [2.24, 2.45) is 0 Å². The van der Waals surface area contributed by atoms with E-state index in [2.05, 4.69) is 23.5 Å². The molecule has 3 rings (SSSR count). The Hall–Kier alpha value is -1.06. The third-order valence-electron chi connectivity index (χ3n) is 4.49. The minimum absolute atomic E-state index is 0.131. The lowest BCUT2D eigenvalue weighted by atomic mass is 9.80. The van der Waals surface area contributed by atoms with E-state index in [-0.39, 0.29) is 5.60 Å². The maximum Gasteiger partial charge on any atom is 0.122 e. The van der Waals surface area contributed by atoms with Gasteiger partial charge in [-0.15, -0.1) is 0 Å². The highest BCUT2D eigenvalue weighted by Crippen LogP contribution is 2.34. The fraction of sp³-hybridized carbons (Fsp3) is 0.625. The highest BCUT2D eigenvalue weighted by Gasteiger charge is 2.36. The molecule has 1 aromatic rings. The zero-order valence-corrected chi connectivity index (χ0v) is 11.7. The first-order chi connectivity index (χ1) is 9.31. The molecule has 19 heavy (non-hydrogen) atoms. The van der Waals surface area contributed by atoms with Gasteiger partial charge in [-0.1, -0.05) is 12.1 Å². The summed E-state index contributed by atoms with van der Waals surface area (Å²) in [6.45, 7) is 2.84. The molecule has 0 atom stereocenters. The number of rotatable bonds is 6. The molecule has 1 aliphatic carbocycles. The average Bonchev–Trinajstić information content (AvgIpc) is 2.84. The standard InChI is InChI=1S/C16H23NO2/c1-18-16(7-2-8-16)12-17-9-5-13-3-4-15-14(11-13)6-10-19-15/h3-4,11,17H,2,5-10,12H2,1H3. The Balaban J connectivity index is 1.45. The van der Waals surface area contributed by atoms with Gasteiger partial charge in [-0.3, -0.25) is 0 Å². The third-order valence-corrected chi connectivity index (χ3v) is 4.49. The van der Waals surface area contributed by atoms with Gasteiger partial charge in [-0.05, 0) is 49.4 Å². The van der Waals surface area contributed by atoms with E-state index in [0.717, 1.165) is 38.3 Å². The normalized spacial score (nSPS) is 19.6. The molecule has 0 saturated heterocycles. The monoisotopic (exact) mass is 261 g/mol. The van der Waals surface area contributed by atoms with E-state index in [0.29, 0.717) is 0 Å². The maximum absolute atomic E-state index is 5.61. The fourth-order valence-electron chi connectivity index (χ4n) is 2.97. The minimum atomic E-state index is 0.131.